The number of anilines is 1. The van der Waals surface area contributed by atoms with E-state index in [0.29, 0.717) is 23.6 Å². The maximum atomic E-state index is 9.68. The van der Waals surface area contributed by atoms with Gasteiger partial charge in [-0.2, -0.15) is 5.26 Å². The Morgan fingerprint density at radius 1 is 1.12 bits per heavy atom. The number of nitriles is 1. The summed E-state index contributed by atoms with van der Waals surface area (Å²) in [7, 11) is 0. The number of hydrogen-bond acceptors (Lipinski definition) is 5. The van der Waals surface area contributed by atoms with Crippen molar-refractivity contribution in [2.75, 3.05) is 12.3 Å². The molecule has 1 heterocycles. The Morgan fingerprint density at radius 3 is 2.69 bits per heavy atom. The summed E-state index contributed by atoms with van der Waals surface area (Å²) >= 11 is 0. The zero-order valence-corrected chi connectivity index (χ0v) is 14.9. The van der Waals surface area contributed by atoms with Gasteiger partial charge in [0.05, 0.1) is 12.5 Å². The van der Waals surface area contributed by atoms with Crippen molar-refractivity contribution >= 4 is 5.69 Å². The first kappa shape index (κ1) is 17.7. The highest BCUT2D eigenvalue weighted by atomic mass is 16.5. The number of nitrogens with zero attached hydrogens (tertiary/aromatic N) is 1. The van der Waals surface area contributed by atoms with Crippen molar-refractivity contribution in [2.45, 2.75) is 32.1 Å². The Balaban J connectivity index is 2.04. The molecule has 5 nitrogen and oxygen atoms in total. The van der Waals surface area contributed by atoms with E-state index >= 15 is 0 Å². The maximum absolute atomic E-state index is 9.68. The minimum atomic E-state index is -0.341. The predicted molar refractivity (Wildman–Crippen MR) is 102 cm³/mol. The van der Waals surface area contributed by atoms with Crippen LogP contribution in [0.15, 0.2) is 53.9 Å². The van der Waals surface area contributed by atoms with Crippen molar-refractivity contribution in [1.82, 2.24) is 0 Å². The van der Waals surface area contributed by atoms with Crippen LogP contribution in [0, 0.1) is 11.3 Å². The van der Waals surface area contributed by atoms with Crippen LogP contribution < -0.4 is 20.9 Å². The molecule has 0 aliphatic carbocycles. The van der Waals surface area contributed by atoms with Crippen LogP contribution in [0.1, 0.15) is 43.2 Å². The number of unbranched alkanes of at least 4 members (excludes halogenated alkanes) is 2. The van der Waals surface area contributed by atoms with Crippen molar-refractivity contribution in [3.8, 4) is 17.6 Å². The molecular weight excluding hydrogens is 326 g/mol. The van der Waals surface area contributed by atoms with E-state index in [1.165, 1.54) is 0 Å². The van der Waals surface area contributed by atoms with Gasteiger partial charge in [0.25, 0.3) is 0 Å². The molecular formula is C21H23N3O2. The summed E-state index contributed by atoms with van der Waals surface area (Å²) in [5.74, 6) is 1.11. The largest absolute Gasteiger partial charge is 0.493 e. The third kappa shape index (κ3) is 3.45. The molecule has 5 heteroatoms. The number of allylic oxidation sites excluding steroid dienone is 1. The average molecular weight is 349 g/mol. The van der Waals surface area contributed by atoms with Crippen molar-refractivity contribution in [2.24, 2.45) is 5.73 Å². The highest BCUT2D eigenvalue weighted by Crippen LogP contribution is 2.45. The molecule has 0 spiro atoms. The van der Waals surface area contributed by atoms with E-state index in [1.807, 2.05) is 30.3 Å². The minimum Gasteiger partial charge on any atom is -0.493 e. The lowest BCUT2D eigenvalue weighted by molar-refractivity contribution is 0.302. The van der Waals surface area contributed by atoms with E-state index in [9.17, 15) is 5.26 Å². The number of nitrogens with two attached hydrogens (primary N) is 2. The van der Waals surface area contributed by atoms with E-state index in [1.54, 1.807) is 12.1 Å². The maximum Gasteiger partial charge on any atom is 0.205 e. The summed E-state index contributed by atoms with van der Waals surface area (Å²) in [6.07, 6.45) is 3.25. The van der Waals surface area contributed by atoms with Crippen molar-refractivity contribution in [3.63, 3.8) is 0 Å². The van der Waals surface area contributed by atoms with Crippen LogP contribution in [0.5, 0.6) is 11.5 Å². The molecule has 26 heavy (non-hydrogen) atoms. The number of ether oxygens (including phenoxy) is 2. The summed E-state index contributed by atoms with van der Waals surface area (Å²) in [5, 5.41) is 9.68. The molecule has 3 rings (SSSR count). The van der Waals surface area contributed by atoms with Gasteiger partial charge in [-0.25, -0.2) is 0 Å². The third-order valence-electron chi connectivity index (χ3n) is 4.48. The van der Waals surface area contributed by atoms with Gasteiger partial charge >= 0.3 is 0 Å². The van der Waals surface area contributed by atoms with E-state index in [0.717, 1.165) is 36.1 Å². The van der Waals surface area contributed by atoms with E-state index < -0.39 is 0 Å². The first-order chi connectivity index (χ1) is 12.7. The fourth-order valence-electron chi connectivity index (χ4n) is 3.18. The van der Waals surface area contributed by atoms with E-state index in [4.69, 9.17) is 20.9 Å². The molecule has 4 N–H and O–H groups in total. The number of fused-ring (bicyclic) bond motifs is 1. The molecule has 1 unspecified atom stereocenters. The Bertz CT molecular complexity index is 868. The summed E-state index contributed by atoms with van der Waals surface area (Å²) < 4.78 is 11.7. The Hall–Kier alpha value is -3.13. The monoisotopic (exact) mass is 349 g/mol. The van der Waals surface area contributed by atoms with Gasteiger partial charge in [0.1, 0.15) is 23.1 Å². The molecule has 0 saturated heterocycles. The molecule has 0 saturated carbocycles. The quantitative estimate of drug-likeness (QED) is 0.606. The van der Waals surface area contributed by atoms with Crippen LogP contribution in [0.2, 0.25) is 0 Å². The Labute approximate surface area is 153 Å². The molecule has 1 atom stereocenters. The normalized spacial score (nSPS) is 15.8. The molecule has 0 radical (unpaired) electrons. The smallest absolute Gasteiger partial charge is 0.205 e. The minimum absolute atomic E-state index is 0.108. The van der Waals surface area contributed by atoms with Gasteiger partial charge in [0, 0.05) is 22.9 Å². The molecule has 2 aromatic carbocycles. The topological polar surface area (TPSA) is 94.3 Å². The van der Waals surface area contributed by atoms with Gasteiger partial charge < -0.3 is 20.9 Å². The fourth-order valence-corrected chi connectivity index (χ4v) is 3.18. The number of benzene rings is 2. The number of para-hydroxylation sites is 1. The lowest BCUT2D eigenvalue weighted by atomic mass is 9.83. The second-order valence-electron chi connectivity index (χ2n) is 6.32. The van der Waals surface area contributed by atoms with Gasteiger partial charge in [-0.05, 0) is 18.6 Å². The third-order valence-corrected chi connectivity index (χ3v) is 4.48. The van der Waals surface area contributed by atoms with Crippen molar-refractivity contribution < 1.29 is 9.47 Å². The molecule has 0 aromatic heterocycles. The lowest BCUT2D eigenvalue weighted by Gasteiger charge is -2.27. The lowest BCUT2D eigenvalue weighted by Crippen LogP contribution is -2.21. The Kier molecular flexibility index (Phi) is 5.33. The van der Waals surface area contributed by atoms with Gasteiger partial charge in [0.15, 0.2) is 0 Å². The van der Waals surface area contributed by atoms with Crippen LogP contribution >= 0.6 is 0 Å². The van der Waals surface area contributed by atoms with Crippen LogP contribution in [0.4, 0.5) is 5.69 Å². The average Bonchev–Trinajstić information content (AvgIpc) is 2.64. The number of hydrogen-bond donors (Lipinski definition) is 2. The van der Waals surface area contributed by atoms with Crippen molar-refractivity contribution in [1.29, 1.82) is 5.26 Å². The van der Waals surface area contributed by atoms with E-state index in [-0.39, 0.29) is 11.8 Å². The van der Waals surface area contributed by atoms with Crippen LogP contribution in [0.25, 0.3) is 0 Å². The zero-order chi connectivity index (χ0) is 18.5. The molecule has 2 aromatic rings. The second kappa shape index (κ2) is 7.83. The van der Waals surface area contributed by atoms with Crippen LogP contribution in [0.3, 0.4) is 0 Å². The van der Waals surface area contributed by atoms with Crippen LogP contribution in [-0.2, 0) is 0 Å². The molecule has 134 valence electrons. The first-order valence-corrected chi connectivity index (χ1v) is 8.84. The highest BCUT2D eigenvalue weighted by Gasteiger charge is 2.32. The summed E-state index contributed by atoms with van der Waals surface area (Å²) in [4.78, 5) is 0. The van der Waals surface area contributed by atoms with Crippen LogP contribution in [-0.4, -0.2) is 6.61 Å². The van der Waals surface area contributed by atoms with Crippen molar-refractivity contribution in [3.05, 3.63) is 65.0 Å². The predicted octanol–water partition coefficient (Wildman–Crippen LogP) is 4.06. The highest BCUT2D eigenvalue weighted by molar-refractivity contribution is 5.61. The number of nitrogen functional groups attached to an aromatic ring is 1. The van der Waals surface area contributed by atoms with E-state index in [2.05, 4.69) is 13.0 Å². The first-order valence-electron chi connectivity index (χ1n) is 8.84. The standard InChI is InChI=1S/C21H23N3O2/c1-2-3-6-11-25-18-8-5-4-7-15(18)20-16-10-9-14(23)12-19(16)26-21(24)17(20)13-22/h4-5,7-10,12,20H,2-3,6,11,23-24H2,1H3. The molecule has 1 aliphatic rings. The SMILES string of the molecule is CCCCCOc1ccccc1C1C(C#N)=C(N)Oc2cc(N)ccc21. The summed E-state index contributed by atoms with van der Waals surface area (Å²) in [5.41, 5.74) is 14.6. The molecule has 0 amide bonds. The zero-order valence-electron chi connectivity index (χ0n) is 14.9. The second-order valence-corrected chi connectivity index (χ2v) is 6.32. The van der Waals surface area contributed by atoms with Gasteiger partial charge in [-0.1, -0.05) is 44.0 Å². The van der Waals surface area contributed by atoms with Gasteiger partial charge in [-0.3, -0.25) is 0 Å². The fraction of sp³-hybridized carbons (Fsp3) is 0.286. The molecule has 0 fully saturated rings. The van der Waals surface area contributed by atoms with Gasteiger partial charge in [0.2, 0.25) is 5.88 Å². The van der Waals surface area contributed by atoms with Gasteiger partial charge in [-0.15, -0.1) is 0 Å². The number of rotatable bonds is 6. The molecule has 0 bridgehead atoms. The molecule has 1 aliphatic heterocycles. The summed E-state index contributed by atoms with van der Waals surface area (Å²) in [6, 6.07) is 15.4. The Morgan fingerprint density at radius 2 is 1.92 bits per heavy atom. The summed E-state index contributed by atoms with van der Waals surface area (Å²) in [6.45, 7) is 2.80.